The third kappa shape index (κ3) is 2.95. The lowest BCUT2D eigenvalue weighted by Gasteiger charge is -2.26. The molecule has 1 aromatic rings. The molecule has 0 bridgehead atoms. The average molecular weight is 261 g/mol. The number of aromatic nitrogens is 1. The first kappa shape index (κ1) is 13.5. The first-order valence-corrected chi connectivity index (χ1v) is 6.59. The molecule has 0 aromatic carbocycles. The van der Waals surface area contributed by atoms with Gasteiger partial charge in [-0.2, -0.15) is 0 Å². The van der Waals surface area contributed by atoms with Crippen LogP contribution < -0.4 is 5.32 Å². The highest BCUT2D eigenvalue weighted by atomic mass is 35.5. The van der Waals surface area contributed by atoms with Crippen molar-refractivity contribution >= 4 is 28.8 Å². The molecule has 1 amide bonds. The molecule has 0 fully saturated rings. The van der Waals surface area contributed by atoms with Crippen molar-refractivity contribution in [3.8, 4) is 0 Å². The van der Waals surface area contributed by atoms with E-state index in [-0.39, 0.29) is 11.4 Å². The molecule has 1 heterocycles. The van der Waals surface area contributed by atoms with E-state index in [1.54, 1.807) is 0 Å². The first-order chi connectivity index (χ1) is 7.41. The number of aryl methyl sites for hydroxylation is 2. The van der Waals surface area contributed by atoms with Crippen LogP contribution in [0.2, 0.25) is 0 Å². The third-order valence-corrected chi connectivity index (χ3v) is 4.26. The van der Waals surface area contributed by atoms with Crippen molar-refractivity contribution in [3.05, 3.63) is 15.6 Å². The van der Waals surface area contributed by atoms with Gasteiger partial charge in [0, 0.05) is 5.88 Å². The molecule has 16 heavy (non-hydrogen) atoms. The van der Waals surface area contributed by atoms with Crippen LogP contribution in [0.3, 0.4) is 0 Å². The van der Waals surface area contributed by atoms with Crippen molar-refractivity contribution in [3.63, 3.8) is 0 Å². The van der Waals surface area contributed by atoms with Crippen LogP contribution in [0.1, 0.15) is 40.6 Å². The fourth-order valence-corrected chi connectivity index (χ4v) is 2.36. The van der Waals surface area contributed by atoms with E-state index in [1.807, 2.05) is 27.7 Å². The van der Waals surface area contributed by atoms with Crippen LogP contribution in [-0.4, -0.2) is 22.3 Å². The third-order valence-electron chi connectivity index (χ3n) is 2.60. The van der Waals surface area contributed by atoms with Crippen molar-refractivity contribution in [2.24, 2.45) is 0 Å². The molecule has 5 heteroatoms. The lowest BCUT2D eigenvalue weighted by Crippen LogP contribution is -2.47. The molecule has 90 valence electrons. The monoisotopic (exact) mass is 260 g/mol. The summed E-state index contributed by atoms with van der Waals surface area (Å²) in [5.74, 6) is 0.333. The Morgan fingerprint density at radius 1 is 1.56 bits per heavy atom. The van der Waals surface area contributed by atoms with Gasteiger partial charge in [-0.05, 0) is 27.2 Å². The van der Waals surface area contributed by atoms with E-state index >= 15 is 0 Å². The minimum absolute atomic E-state index is 0.0758. The Hall–Kier alpha value is -0.610. The lowest BCUT2D eigenvalue weighted by atomic mass is 10.0. The van der Waals surface area contributed by atoms with Crippen LogP contribution >= 0.6 is 22.9 Å². The van der Waals surface area contributed by atoms with Gasteiger partial charge in [0.05, 0.1) is 16.2 Å². The Morgan fingerprint density at radius 3 is 2.56 bits per heavy atom. The second-order valence-electron chi connectivity index (χ2n) is 4.15. The normalized spacial score (nSPS) is 14.6. The van der Waals surface area contributed by atoms with Gasteiger partial charge in [-0.25, -0.2) is 4.98 Å². The molecule has 1 atom stereocenters. The summed E-state index contributed by atoms with van der Waals surface area (Å²) in [6, 6.07) is 0. The van der Waals surface area contributed by atoms with Crippen LogP contribution in [0.4, 0.5) is 0 Å². The average Bonchev–Trinajstić information content (AvgIpc) is 2.57. The van der Waals surface area contributed by atoms with Crippen molar-refractivity contribution in [2.75, 3.05) is 5.88 Å². The Morgan fingerprint density at radius 2 is 2.19 bits per heavy atom. The Labute approximate surface area is 105 Å². The highest BCUT2D eigenvalue weighted by Gasteiger charge is 2.25. The topological polar surface area (TPSA) is 42.0 Å². The Bertz CT molecular complexity index is 385. The van der Waals surface area contributed by atoms with E-state index < -0.39 is 0 Å². The van der Waals surface area contributed by atoms with Gasteiger partial charge in [-0.15, -0.1) is 22.9 Å². The zero-order valence-corrected chi connectivity index (χ0v) is 11.6. The molecule has 0 aliphatic rings. The van der Waals surface area contributed by atoms with Gasteiger partial charge < -0.3 is 5.32 Å². The van der Waals surface area contributed by atoms with Gasteiger partial charge >= 0.3 is 0 Å². The highest BCUT2D eigenvalue weighted by Crippen LogP contribution is 2.19. The zero-order chi connectivity index (χ0) is 12.3. The van der Waals surface area contributed by atoms with E-state index in [9.17, 15) is 4.79 Å². The summed E-state index contributed by atoms with van der Waals surface area (Å²) in [5, 5.41) is 3.87. The summed E-state index contributed by atoms with van der Waals surface area (Å²) in [7, 11) is 0. The highest BCUT2D eigenvalue weighted by molar-refractivity contribution is 7.13. The molecule has 0 spiro atoms. The van der Waals surface area contributed by atoms with Crippen LogP contribution in [0, 0.1) is 13.8 Å². The minimum Gasteiger partial charge on any atom is -0.345 e. The van der Waals surface area contributed by atoms with E-state index in [2.05, 4.69) is 10.3 Å². The Kier molecular flexibility index (Phi) is 4.33. The van der Waals surface area contributed by atoms with Gasteiger partial charge in [0.2, 0.25) is 0 Å². The number of nitrogens with one attached hydrogen (secondary N) is 1. The van der Waals surface area contributed by atoms with E-state index in [4.69, 9.17) is 11.6 Å². The fourth-order valence-electron chi connectivity index (χ4n) is 1.29. The van der Waals surface area contributed by atoms with Crippen LogP contribution in [0.15, 0.2) is 0 Å². The van der Waals surface area contributed by atoms with Crippen molar-refractivity contribution in [1.82, 2.24) is 10.3 Å². The zero-order valence-electron chi connectivity index (χ0n) is 10.1. The number of rotatable bonds is 4. The molecule has 0 saturated carbocycles. The van der Waals surface area contributed by atoms with Crippen molar-refractivity contribution < 1.29 is 4.79 Å². The lowest BCUT2D eigenvalue weighted by molar-refractivity contribution is 0.0916. The number of carbonyl (C=O) groups is 1. The molecule has 1 N–H and O–H groups in total. The summed E-state index contributed by atoms with van der Waals surface area (Å²) in [5.41, 5.74) is 0.441. The molecule has 1 unspecified atom stereocenters. The van der Waals surface area contributed by atoms with E-state index in [0.29, 0.717) is 10.8 Å². The van der Waals surface area contributed by atoms with Crippen LogP contribution in [-0.2, 0) is 0 Å². The van der Waals surface area contributed by atoms with Gasteiger partial charge in [-0.1, -0.05) is 6.92 Å². The quantitative estimate of drug-likeness (QED) is 0.846. The number of amides is 1. The van der Waals surface area contributed by atoms with Gasteiger partial charge in [-0.3, -0.25) is 4.79 Å². The molecule has 0 aliphatic carbocycles. The Balaban J connectivity index is 2.84. The number of thiazole rings is 1. The van der Waals surface area contributed by atoms with Gasteiger partial charge in [0.15, 0.2) is 0 Å². The number of alkyl halides is 1. The number of hydrogen-bond donors (Lipinski definition) is 1. The van der Waals surface area contributed by atoms with Crippen molar-refractivity contribution in [1.29, 1.82) is 0 Å². The molecular weight excluding hydrogens is 244 g/mol. The minimum atomic E-state index is -0.344. The summed E-state index contributed by atoms with van der Waals surface area (Å²) >= 11 is 7.28. The molecule has 0 aliphatic heterocycles. The number of hydrogen-bond acceptors (Lipinski definition) is 3. The van der Waals surface area contributed by atoms with Crippen LogP contribution in [0.5, 0.6) is 0 Å². The molecule has 3 nitrogen and oxygen atoms in total. The van der Waals surface area contributed by atoms with E-state index in [0.717, 1.165) is 17.1 Å². The van der Waals surface area contributed by atoms with E-state index in [1.165, 1.54) is 11.3 Å². The predicted molar refractivity (Wildman–Crippen MR) is 68.5 cm³/mol. The molecule has 0 saturated heterocycles. The number of halogens is 1. The second kappa shape index (κ2) is 5.15. The van der Waals surface area contributed by atoms with Crippen LogP contribution in [0.25, 0.3) is 0 Å². The number of nitrogens with zero attached hydrogens (tertiary/aromatic N) is 1. The maximum atomic E-state index is 12.0. The number of carbonyl (C=O) groups excluding carboxylic acids is 1. The maximum Gasteiger partial charge on any atom is 0.263 e. The molecule has 1 rings (SSSR count). The first-order valence-electron chi connectivity index (χ1n) is 5.24. The standard InChI is InChI=1S/C11H17ClN2OS/c1-5-11(4,6-12)14-10(15)9-7(2)13-8(3)16-9/h5-6H2,1-4H3,(H,14,15). The molecular formula is C11H17ClN2OS. The maximum absolute atomic E-state index is 12.0. The fraction of sp³-hybridized carbons (Fsp3) is 0.636. The van der Waals surface area contributed by atoms with Crippen molar-refractivity contribution in [2.45, 2.75) is 39.7 Å². The molecule has 0 radical (unpaired) electrons. The van der Waals surface area contributed by atoms with Gasteiger partial charge in [0.1, 0.15) is 4.88 Å². The summed E-state index contributed by atoms with van der Waals surface area (Å²) in [6.45, 7) is 7.70. The largest absolute Gasteiger partial charge is 0.345 e. The SMILES string of the molecule is CCC(C)(CCl)NC(=O)c1sc(C)nc1C. The summed E-state index contributed by atoms with van der Waals surface area (Å²) in [6.07, 6.45) is 0.805. The smallest absolute Gasteiger partial charge is 0.263 e. The predicted octanol–water partition coefficient (Wildman–Crippen LogP) is 2.90. The summed E-state index contributed by atoms with van der Waals surface area (Å²) < 4.78 is 0. The molecule has 1 aromatic heterocycles. The second-order valence-corrected chi connectivity index (χ2v) is 5.62. The van der Waals surface area contributed by atoms with Gasteiger partial charge in [0.25, 0.3) is 5.91 Å². The summed E-state index contributed by atoms with van der Waals surface area (Å²) in [4.78, 5) is 16.9.